The number of thioether (sulfide) groups is 1. The van der Waals surface area contributed by atoms with Gasteiger partial charge in [0.05, 0.1) is 17.0 Å². The van der Waals surface area contributed by atoms with Crippen LogP contribution in [0.3, 0.4) is 0 Å². The maximum absolute atomic E-state index is 11.0. The molecule has 0 atom stereocenters. The lowest BCUT2D eigenvalue weighted by Gasteiger charge is -2.02. The molecule has 2 heterocycles. The van der Waals surface area contributed by atoms with Gasteiger partial charge in [-0.1, -0.05) is 11.8 Å². The molecule has 0 aliphatic carbocycles. The molecule has 2 rings (SSSR count). The summed E-state index contributed by atoms with van der Waals surface area (Å²) in [6.45, 7) is 4.01. The number of aromatic nitrogens is 2. The van der Waals surface area contributed by atoms with Crippen LogP contribution in [0.25, 0.3) is 0 Å². The van der Waals surface area contributed by atoms with Crippen LogP contribution in [0.15, 0.2) is 23.4 Å². The number of carbonyl (C=O) groups is 1. The number of nitrogens with zero attached hydrogens (tertiary/aromatic N) is 2. The van der Waals surface area contributed by atoms with Gasteiger partial charge in [0.1, 0.15) is 10.0 Å². The van der Waals surface area contributed by atoms with Gasteiger partial charge >= 0.3 is 5.97 Å². The van der Waals surface area contributed by atoms with E-state index in [0.717, 1.165) is 10.7 Å². The van der Waals surface area contributed by atoms with Crippen LogP contribution in [0.5, 0.6) is 0 Å². The fourth-order valence-corrected chi connectivity index (χ4v) is 3.31. The van der Waals surface area contributed by atoms with Crippen LogP contribution in [0.2, 0.25) is 0 Å². The molecule has 0 fully saturated rings. The van der Waals surface area contributed by atoms with Crippen molar-refractivity contribution in [3.05, 3.63) is 39.5 Å². The Labute approximate surface area is 113 Å². The predicted octanol–water partition coefficient (Wildman–Crippen LogP) is 3.15. The van der Waals surface area contributed by atoms with E-state index in [1.54, 1.807) is 29.7 Å². The van der Waals surface area contributed by atoms with E-state index in [9.17, 15) is 4.79 Å². The quantitative estimate of drug-likeness (QED) is 0.872. The zero-order valence-electron chi connectivity index (χ0n) is 10.0. The first kappa shape index (κ1) is 13.0. The molecule has 94 valence electrons. The molecule has 0 bridgehead atoms. The Morgan fingerprint density at radius 2 is 2.28 bits per heavy atom. The Hall–Kier alpha value is -1.40. The van der Waals surface area contributed by atoms with E-state index in [2.05, 4.69) is 9.97 Å². The van der Waals surface area contributed by atoms with E-state index in [0.29, 0.717) is 10.8 Å². The second kappa shape index (κ2) is 5.49. The summed E-state index contributed by atoms with van der Waals surface area (Å²) in [5.74, 6) is -0.298. The van der Waals surface area contributed by atoms with E-state index in [4.69, 9.17) is 5.11 Å². The average molecular weight is 280 g/mol. The van der Waals surface area contributed by atoms with Gasteiger partial charge in [-0.15, -0.1) is 11.3 Å². The van der Waals surface area contributed by atoms with Crippen LogP contribution in [-0.4, -0.2) is 21.0 Å². The van der Waals surface area contributed by atoms with Crippen molar-refractivity contribution in [1.82, 2.24) is 9.97 Å². The minimum absolute atomic E-state index is 0.243. The first-order valence-electron chi connectivity index (χ1n) is 5.32. The summed E-state index contributed by atoms with van der Waals surface area (Å²) in [7, 11) is 0. The van der Waals surface area contributed by atoms with Crippen molar-refractivity contribution >= 4 is 29.1 Å². The van der Waals surface area contributed by atoms with Crippen molar-refractivity contribution in [1.29, 1.82) is 0 Å². The molecular formula is C12H12N2O2S2. The number of hydrogen-bond acceptors (Lipinski definition) is 5. The number of aromatic carboxylic acids is 1. The topological polar surface area (TPSA) is 63.1 Å². The number of carboxylic acid groups (broad SMARTS) is 1. The summed E-state index contributed by atoms with van der Waals surface area (Å²) in [5.41, 5.74) is 1.28. The van der Waals surface area contributed by atoms with Crippen molar-refractivity contribution in [3.63, 3.8) is 0 Å². The van der Waals surface area contributed by atoms with Crippen molar-refractivity contribution < 1.29 is 9.90 Å². The molecule has 0 aromatic carbocycles. The van der Waals surface area contributed by atoms with Crippen molar-refractivity contribution in [3.8, 4) is 0 Å². The molecule has 0 radical (unpaired) electrons. The third-order valence-corrected chi connectivity index (χ3v) is 4.68. The van der Waals surface area contributed by atoms with Crippen LogP contribution >= 0.6 is 23.1 Å². The van der Waals surface area contributed by atoms with E-state index < -0.39 is 5.97 Å². The maximum atomic E-state index is 11.0. The number of carboxylic acids is 1. The normalized spacial score (nSPS) is 10.6. The Bertz CT molecular complexity index is 562. The van der Waals surface area contributed by atoms with Gasteiger partial charge in [0, 0.05) is 11.1 Å². The smallest absolute Gasteiger partial charge is 0.338 e. The Morgan fingerprint density at radius 1 is 1.50 bits per heavy atom. The molecule has 0 aliphatic heterocycles. The van der Waals surface area contributed by atoms with Gasteiger partial charge in [-0.05, 0) is 26.0 Å². The molecule has 0 saturated heterocycles. The number of hydrogen-bond donors (Lipinski definition) is 1. The van der Waals surface area contributed by atoms with Crippen LogP contribution < -0.4 is 0 Å². The number of thiazole rings is 1. The van der Waals surface area contributed by atoms with Gasteiger partial charge in [-0.3, -0.25) is 0 Å². The maximum Gasteiger partial charge on any atom is 0.338 e. The second-order valence-electron chi connectivity index (χ2n) is 3.70. The van der Waals surface area contributed by atoms with Gasteiger partial charge in [0.2, 0.25) is 0 Å². The zero-order valence-corrected chi connectivity index (χ0v) is 11.6. The minimum Gasteiger partial charge on any atom is -0.478 e. The third kappa shape index (κ3) is 2.88. The highest BCUT2D eigenvalue weighted by molar-refractivity contribution is 7.98. The first-order valence-corrected chi connectivity index (χ1v) is 7.12. The van der Waals surface area contributed by atoms with Crippen molar-refractivity contribution in [2.45, 2.75) is 24.6 Å². The highest BCUT2D eigenvalue weighted by Crippen LogP contribution is 2.27. The van der Waals surface area contributed by atoms with Crippen molar-refractivity contribution in [2.75, 3.05) is 0 Å². The summed E-state index contributed by atoms with van der Waals surface area (Å²) >= 11 is 3.05. The molecule has 0 spiro atoms. The van der Waals surface area contributed by atoms with Gasteiger partial charge in [0.15, 0.2) is 0 Å². The summed E-state index contributed by atoms with van der Waals surface area (Å²) in [5, 5.41) is 10.6. The molecule has 18 heavy (non-hydrogen) atoms. The average Bonchev–Trinajstić information content (AvgIpc) is 2.66. The third-order valence-electron chi connectivity index (χ3n) is 2.41. The fraction of sp³-hybridized carbons (Fsp3) is 0.250. The first-order chi connectivity index (χ1) is 8.58. The van der Waals surface area contributed by atoms with Crippen LogP contribution in [0, 0.1) is 13.8 Å². The lowest BCUT2D eigenvalue weighted by Crippen LogP contribution is -2.00. The molecule has 0 unspecified atom stereocenters. The van der Waals surface area contributed by atoms with Gasteiger partial charge < -0.3 is 5.11 Å². The Balaban J connectivity index is 2.13. The number of aryl methyl sites for hydroxylation is 2. The van der Waals surface area contributed by atoms with Gasteiger partial charge in [0.25, 0.3) is 0 Å². The monoisotopic (exact) mass is 280 g/mol. The van der Waals surface area contributed by atoms with E-state index in [1.807, 2.05) is 13.8 Å². The molecule has 2 aromatic rings. The van der Waals surface area contributed by atoms with Crippen molar-refractivity contribution in [2.24, 2.45) is 0 Å². The zero-order chi connectivity index (χ0) is 13.1. The molecule has 0 saturated carbocycles. The molecule has 0 amide bonds. The van der Waals surface area contributed by atoms with Gasteiger partial charge in [-0.25, -0.2) is 14.8 Å². The lowest BCUT2D eigenvalue weighted by molar-refractivity contribution is 0.0692. The lowest BCUT2D eigenvalue weighted by atomic mass is 10.3. The number of pyridine rings is 1. The summed E-state index contributed by atoms with van der Waals surface area (Å²) in [6.07, 6.45) is 1.60. The Morgan fingerprint density at radius 3 is 2.89 bits per heavy atom. The molecule has 4 nitrogen and oxygen atoms in total. The molecule has 1 N–H and O–H groups in total. The summed E-state index contributed by atoms with van der Waals surface area (Å²) < 4.78 is 0. The van der Waals surface area contributed by atoms with Crippen LogP contribution in [-0.2, 0) is 5.75 Å². The fourth-order valence-electron chi connectivity index (χ4n) is 1.40. The standard InChI is InChI=1S/C12H12N2O2S2/c1-7-8(2)18-10(14-7)6-17-11-9(12(15)16)4-3-5-13-11/h3-5H,6H2,1-2H3,(H,15,16). The predicted molar refractivity (Wildman–Crippen MR) is 72.3 cm³/mol. The molecule has 6 heteroatoms. The summed E-state index contributed by atoms with van der Waals surface area (Å²) in [6, 6.07) is 3.20. The van der Waals surface area contributed by atoms with E-state index in [1.165, 1.54) is 16.6 Å². The highest BCUT2D eigenvalue weighted by atomic mass is 32.2. The number of rotatable bonds is 4. The largest absolute Gasteiger partial charge is 0.478 e. The van der Waals surface area contributed by atoms with E-state index in [-0.39, 0.29) is 5.56 Å². The molecular weight excluding hydrogens is 268 g/mol. The van der Waals surface area contributed by atoms with E-state index >= 15 is 0 Å². The second-order valence-corrected chi connectivity index (χ2v) is 5.95. The highest BCUT2D eigenvalue weighted by Gasteiger charge is 2.12. The SMILES string of the molecule is Cc1nc(CSc2ncccc2C(=O)O)sc1C. The van der Waals surface area contributed by atoms with Crippen LogP contribution in [0.4, 0.5) is 0 Å². The van der Waals surface area contributed by atoms with Crippen LogP contribution in [0.1, 0.15) is 25.9 Å². The molecule has 0 aliphatic rings. The Kier molecular flexibility index (Phi) is 3.98. The minimum atomic E-state index is -0.947. The molecule has 2 aromatic heterocycles. The van der Waals surface area contributed by atoms with Gasteiger partial charge in [-0.2, -0.15) is 0 Å². The summed E-state index contributed by atoms with van der Waals surface area (Å²) in [4.78, 5) is 20.7.